The molecule has 154 valence electrons. The lowest BCUT2D eigenvalue weighted by atomic mass is 10.2. The van der Waals surface area contributed by atoms with Crippen molar-refractivity contribution in [3.05, 3.63) is 69.3 Å². The molecule has 0 unspecified atom stereocenters. The molecule has 0 radical (unpaired) electrons. The molecule has 2 rings (SSSR count). The van der Waals surface area contributed by atoms with Gasteiger partial charge in [-0.2, -0.15) is 13.2 Å². The number of rotatable bonds is 5. The molecular formula is C19H16BrClF3N3O2. The fourth-order valence-corrected chi connectivity index (χ4v) is 2.55. The van der Waals surface area contributed by atoms with Crippen LogP contribution in [0, 0.1) is 6.92 Å². The first-order chi connectivity index (χ1) is 13.6. The van der Waals surface area contributed by atoms with E-state index in [4.69, 9.17) is 22.1 Å². The number of hydrogen-bond acceptors (Lipinski definition) is 4. The van der Waals surface area contributed by atoms with Crippen LogP contribution in [0.1, 0.15) is 5.56 Å². The predicted octanol–water partition coefficient (Wildman–Crippen LogP) is 5.50. The summed E-state index contributed by atoms with van der Waals surface area (Å²) in [7, 11) is 0. The molecular weight excluding hydrogens is 475 g/mol. The number of nitrogens with one attached hydrogen (secondary N) is 1. The van der Waals surface area contributed by atoms with Crippen LogP contribution < -0.4 is 11.1 Å². The molecule has 0 aromatic heterocycles. The lowest BCUT2D eigenvalue weighted by Crippen LogP contribution is -2.23. The van der Waals surface area contributed by atoms with Crippen molar-refractivity contribution in [2.75, 3.05) is 11.9 Å². The van der Waals surface area contributed by atoms with E-state index in [9.17, 15) is 18.0 Å². The van der Waals surface area contributed by atoms with Crippen molar-refractivity contribution in [3.8, 4) is 0 Å². The van der Waals surface area contributed by atoms with Crippen molar-refractivity contribution in [1.82, 2.24) is 0 Å². The number of aryl methyl sites for hydroxylation is 1. The standard InChI is InChI=1S/C19H16BrClF3N3O2/c1-11-6-7-12(8-13(11)20)26-17(28)10-29-18(9-16(25)19(22,23)24)27-15-5-3-2-4-14(15)21/h2-9H,10,25H2,1H3,(H,26,28). The topological polar surface area (TPSA) is 76.7 Å². The van der Waals surface area contributed by atoms with Gasteiger partial charge in [-0.3, -0.25) is 4.79 Å². The summed E-state index contributed by atoms with van der Waals surface area (Å²) in [6, 6.07) is 11.4. The van der Waals surface area contributed by atoms with E-state index >= 15 is 0 Å². The first-order valence-corrected chi connectivity index (χ1v) is 9.29. The molecule has 1 amide bonds. The van der Waals surface area contributed by atoms with Gasteiger partial charge >= 0.3 is 6.18 Å². The zero-order valence-electron chi connectivity index (χ0n) is 15.1. The van der Waals surface area contributed by atoms with Crippen molar-refractivity contribution in [2.45, 2.75) is 13.1 Å². The molecule has 29 heavy (non-hydrogen) atoms. The maximum Gasteiger partial charge on any atom is 0.430 e. The molecule has 2 aromatic rings. The van der Waals surface area contributed by atoms with Gasteiger partial charge in [-0.1, -0.05) is 45.7 Å². The van der Waals surface area contributed by atoms with Crippen LogP contribution in [0.25, 0.3) is 0 Å². The average Bonchev–Trinajstić information content (AvgIpc) is 2.63. The molecule has 0 atom stereocenters. The third-order valence-corrected chi connectivity index (χ3v) is 4.67. The number of nitrogens with zero attached hydrogens (tertiary/aromatic N) is 1. The quantitative estimate of drug-likeness (QED) is 0.429. The second kappa shape index (κ2) is 9.80. The highest BCUT2D eigenvalue weighted by molar-refractivity contribution is 9.10. The summed E-state index contributed by atoms with van der Waals surface area (Å²) in [5, 5.41) is 2.77. The largest absolute Gasteiger partial charge is 0.467 e. The molecule has 0 heterocycles. The minimum absolute atomic E-state index is 0.165. The predicted molar refractivity (Wildman–Crippen MR) is 110 cm³/mol. The highest BCUT2D eigenvalue weighted by Gasteiger charge is 2.32. The maximum absolute atomic E-state index is 12.8. The van der Waals surface area contributed by atoms with Crippen LogP contribution in [0.15, 0.2) is 63.7 Å². The summed E-state index contributed by atoms with van der Waals surface area (Å²) in [5.74, 6) is -1.10. The van der Waals surface area contributed by atoms with E-state index in [0.29, 0.717) is 11.8 Å². The fourth-order valence-electron chi connectivity index (χ4n) is 1.99. The second-order valence-corrected chi connectivity index (χ2v) is 7.06. The molecule has 2 aromatic carbocycles. The van der Waals surface area contributed by atoms with E-state index in [2.05, 4.69) is 26.2 Å². The molecule has 0 saturated carbocycles. The molecule has 0 saturated heterocycles. The van der Waals surface area contributed by atoms with Crippen molar-refractivity contribution in [2.24, 2.45) is 10.7 Å². The summed E-state index contributed by atoms with van der Waals surface area (Å²) in [6.07, 6.45) is -4.28. The number of benzene rings is 2. The summed E-state index contributed by atoms with van der Waals surface area (Å²) < 4.78 is 44.3. The van der Waals surface area contributed by atoms with Crippen molar-refractivity contribution >= 4 is 50.7 Å². The van der Waals surface area contributed by atoms with Crippen LogP contribution in [0.5, 0.6) is 0 Å². The summed E-state index contributed by atoms with van der Waals surface area (Å²) >= 11 is 9.32. The van der Waals surface area contributed by atoms with E-state index in [1.807, 2.05) is 6.92 Å². The molecule has 0 aliphatic rings. The first-order valence-electron chi connectivity index (χ1n) is 8.12. The molecule has 5 nitrogen and oxygen atoms in total. The smallest absolute Gasteiger partial charge is 0.430 e. The van der Waals surface area contributed by atoms with Crippen LogP contribution in [0.4, 0.5) is 24.5 Å². The highest BCUT2D eigenvalue weighted by atomic mass is 79.9. The van der Waals surface area contributed by atoms with Gasteiger partial charge in [0, 0.05) is 16.2 Å². The van der Waals surface area contributed by atoms with Gasteiger partial charge in [0.15, 0.2) is 6.61 Å². The number of anilines is 1. The van der Waals surface area contributed by atoms with E-state index in [1.54, 1.807) is 30.3 Å². The van der Waals surface area contributed by atoms with Gasteiger partial charge in [0.2, 0.25) is 5.90 Å². The second-order valence-electron chi connectivity index (χ2n) is 5.80. The van der Waals surface area contributed by atoms with Crippen LogP contribution in [-0.2, 0) is 9.53 Å². The van der Waals surface area contributed by atoms with Gasteiger partial charge in [-0.15, -0.1) is 0 Å². The SMILES string of the molecule is Cc1ccc(NC(=O)COC(C=C(N)C(F)(F)F)=Nc2ccccc2Cl)cc1Br. The zero-order chi connectivity index (χ0) is 21.6. The molecule has 0 aliphatic carbocycles. The summed E-state index contributed by atoms with van der Waals surface area (Å²) in [5.41, 5.74) is 5.25. The number of para-hydroxylation sites is 1. The number of amides is 1. The van der Waals surface area contributed by atoms with Gasteiger partial charge < -0.3 is 15.8 Å². The van der Waals surface area contributed by atoms with Gasteiger partial charge in [0.25, 0.3) is 5.91 Å². The molecule has 0 aliphatic heterocycles. The number of halogens is 5. The van der Waals surface area contributed by atoms with E-state index in [1.165, 1.54) is 12.1 Å². The third-order valence-electron chi connectivity index (χ3n) is 3.50. The Morgan fingerprint density at radius 3 is 2.62 bits per heavy atom. The van der Waals surface area contributed by atoms with Crippen LogP contribution in [0.3, 0.4) is 0 Å². The minimum Gasteiger partial charge on any atom is -0.467 e. The van der Waals surface area contributed by atoms with E-state index in [-0.39, 0.29) is 10.7 Å². The van der Waals surface area contributed by atoms with Gasteiger partial charge in [-0.25, -0.2) is 4.99 Å². The number of hydrogen-bond donors (Lipinski definition) is 2. The van der Waals surface area contributed by atoms with Gasteiger partial charge in [0.05, 0.1) is 10.7 Å². The Labute approximate surface area is 178 Å². The Hall–Kier alpha value is -2.52. The first kappa shape index (κ1) is 22.8. The van der Waals surface area contributed by atoms with Crippen LogP contribution >= 0.6 is 27.5 Å². The number of ether oxygens (including phenoxy) is 1. The lowest BCUT2D eigenvalue weighted by molar-refractivity contribution is -0.118. The number of allylic oxidation sites excluding steroid dienone is 1. The Balaban J connectivity index is 2.18. The Morgan fingerprint density at radius 2 is 2.00 bits per heavy atom. The normalized spacial score (nSPS) is 12.6. The summed E-state index contributed by atoms with van der Waals surface area (Å²) in [6.45, 7) is 1.30. The van der Waals surface area contributed by atoms with E-state index in [0.717, 1.165) is 10.0 Å². The van der Waals surface area contributed by atoms with Crippen molar-refractivity contribution < 1.29 is 22.7 Å². The van der Waals surface area contributed by atoms with Crippen LogP contribution in [-0.4, -0.2) is 24.6 Å². The van der Waals surface area contributed by atoms with Crippen molar-refractivity contribution in [3.63, 3.8) is 0 Å². The number of carbonyl (C=O) groups is 1. The molecule has 0 fully saturated rings. The number of alkyl halides is 3. The molecule has 3 N–H and O–H groups in total. The maximum atomic E-state index is 12.8. The van der Waals surface area contributed by atoms with Gasteiger partial charge in [-0.05, 0) is 36.8 Å². The minimum atomic E-state index is -4.78. The molecule has 0 spiro atoms. The summed E-state index contributed by atoms with van der Waals surface area (Å²) in [4.78, 5) is 16.0. The fraction of sp³-hybridized carbons (Fsp3) is 0.158. The monoisotopic (exact) mass is 489 g/mol. The Bertz CT molecular complexity index is 962. The van der Waals surface area contributed by atoms with Gasteiger partial charge in [0.1, 0.15) is 5.70 Å². The molecule has 10 heteroatoms. The lowest BCUT2D eigenvalue weighted by Gasteiger charge is -2.11. The number of carbonyl (C=O) groups excluding carboxylic acids is 1. The zero-order valence-corrected chi connectivity index (χ0v) is 17.4. The Kier molecular flexibility index (Phi) is 7.69. The molecule has 0 bridgehead atoms. The van der Waals surface area contributed by atoms with Crippen LogP contribution in [0.2, 0.25) is 5.02 Å². The highest BCUT2D eigenvalue weighted by Crippen LogP contribution is 2.26. The van der Waals surface area contributed by atoms with Crippen molar-refractivity contribution in [1.29, 1.82) is 0 Å². The average molecular weight is 491 g/mol. The van der Waals surface area contributed by atoms with E-state index < -0.39 is 30.3 Å². The Morgan fingerprint density at radius 1 is 1.31 bits per heavy atom. The number of nitrogens with two attached hydrogens (primary N) is 1. The third kappa shape index (κ3) is 7.10. The number of aliphatic imine (C=N–C) groups is 1.